The highest BCUT2D eigenvalue weighted by Gasteiger charge is 2.30. The first-order chi connectivity index (χ1) is 12.4. The number of piperidine rings is 1. The van der Waals surface area contributed by atoms with Crippen molar-refractivity contribution >= 4 is 17.2 Å². The number of hydrogen-bond acceptors (Lipinski definition) is 6. The minimum absolute atomic E-state index is 0.0161. The fourth-order valence-corrected chi connectivity index (χ4v) is 4.52. The van der Waals surface area contributed by atoms with Crippen molar-refractivity contribution in [3.05, 3.63) is 27.7 Å². The Bertz CT molecular complexity index is 797. The summed E-state index contributed by atoms with van der Waals surface area (Å²) >= 11 is 1.58. The normalized spacial score (nSPS) is 18.8. The van der Waals surface area contributed by atoms with Crippen molar-refractivity contribution in [1.29, 1.82) is 0 Å². The second kappa shape index (κ2) is 6.74. The Morgan fingerprint density at radius 3 is 2.69 bits per heavy atom. The Morgan fingerprint density at radius 2 is 2.00 bits per heavy atom. The van der Waals surface area contributed by atoms with Gasteiger partial charge in [-0.25, -0.2) is 4.98 Å². The molecule has 0 spiro atoms. The van der Waals surface area contributed by atoms with E-state index in [2.05, 4.69) is 45.8 Å². The fourth-order valence-electron chi connectivity index (χ4n) is 3.64. The van der Waals surface area contributed by atoms with E-state index in [9.17, 15) is 4.79 Å². The van der Waals surface area contributed by atoms with Crippen LogP contribution in [0.25, 0.3) is 0 Å². The minimum atomic E-state index is -0.0161. The molecule has 0 unspecified atom stereocenters. The number of rotatable bonds is 2. The van der Waals surface area contributed by atoms with Crippen LogP contribution in [-0.4, -0.2) is 50.2 Å². The van der Waals surface area contributed by atoms with Crippen LogP contribution in [0, 0.1) is 0 Å². The van der Waals surface area contributed by atoms with Crippen molar-refractivity contribution in [3.63, 3.8) is 0 Å². The van der Waals surface area contributed by atoms with Gasteiger partial charge in [0.2, 0.25) is 0 Å². The van der Waals surface area contributed by atoms with E-state index in [0.717, 1.165) is 62.2 Å². The Labute approximate surface area is 157 Å². The van der Waals surface area contributed by atoms with Gasteiger partial charge in [0, 0.05) is 42.9 Å². The molecule has 140 valence electrons. The summed E-state index contributed by atoms with van der Waals surface area (Å²) in [5.41, 5.74) is 0.571. The van der Waals surface area contributed by atoms with Crippen LogP contribution in [0.4, 0.5) is 0 Å². The predicted molar refractivity (Wildman–Crippen MR) is 100 cm³/mol. The number of amides is 1. The summed E-state index contributed by atoms with van der Waals surface area (Å²) in [6, 6.07) is 0. The largest absolute Gasteiger partial charge is 0.337 e. The van der Waals surface area contributed by atoms with Gasteiger partial charge in [0.1, 0.15) is 17.3 Å². The first-order valence-corrected chi connectivity index (χ1v) is 10.2. The zero-order valence-electron chi connectivity index (χ0n) is 15.7. The van der Waals surface area contributed by atoms with E-state index in [-0.39, 0.29) is 11.3 Å². The molecule has 4 rings (SSSR count). The second-order valence-electron chi connectivity index (χ2n) is 8.16. The summed E-state index contributed by atoms with van der Waals surface area (Å²) < 4.78 is 2.26. The zero-order valence-corrected chi connectivity index (χ0v) is 16.5. The highest BCUT2D eigenvalue weighted by molar-refractivity contribution is 7.10. The standard InChI is InChI=1S/C18H26N6OS/c1-18(2,3)17-20-13(11-26-17)16(25)23-7-4-12(5-8-23)15-22-21-14-10-19-6-9-24(14)15/h11-12,19H,4-10H2,1-3H3. The molecular weight excluding hydrogens is 348 g/mol. The van der Waals surface area contributed by atoms with E-state index >= 15 is 0 Å². The van der Waals surface area contributed by atoms with Gasteiger partial charge in [-0.15, -0.1) is 21.5 Å². The van der Waals surface area contributed by atoms with E-state index in [0.29, 0.717) is 11.6 Å². The number of fused-ring (bicyclic) bond motifs is 1. The molecule has 2 aromatic heterocycles. The third-order valence-electron chi connectivity index (χ3n) is 5.16. The van der Waals surface area contributed by atoms with Crippen LogP contribution in [0.15, 0.2) is 5.38 Å². The van der Waals surface area contributed by atoms with Crippen LogP contribution < -0.4 is 5.32 Å². The highest BCUT2D eigenvalue weighted by atomic mass is 32.1. The van der Waals surface area contributed by atoms with Crippen LogP contribution >= 0.6 is 11.3 Å². The second-order valence-corrected chi connectivity index (χ2v) is 9.02. The van der Waals surface area contributed by atoms with Gasteiger partial charge >= 0.3 is 0 Å². The van der Waals surface area contributed by atoms with Gasteiger partial charge in [0.15, 0.2) is 0 Å². The highest BCUT2D eigenvalue weighted by Crippen LogP contribution is 2.30. The van der Waals surface area contributed by atoms with Gasteiger partial charge in [0.05, 0.1) is 11.6 Å². The van der Waals surface area contributed by atoms with Gasteiger partial charge in [-0.2, -0.15) is 0 Å². The van der Waals surface area contributed by atoms with Crippen molar-refractivity contribution in [2.24, 2.45) is 0 Å². The molecule has 0 aromatic carbocycles. The third kappa shape index (κ3) is 3.27. The Hall–Kier alpha value is -1.80. The molecule has 0 radical (unpaired) electrons. The average molecular weight is 375 g/mol. The predicted octanol–water partition coefficient (Wildman–Crippen LogP) is 2.16. The average Bonchev–Trinajstić information content (AvgIpc) is 3.28. The van der Waals surface area contributed by atoms with Gasteiger partial charge in [0.25, 0.3) is 5.91 Å². The van der Waals surface area contributed by atoms with Crippen molar-refractivity contribution < 1.29 is 4.79 Å². The third-order valence-corrected chi connectivity index (χ3v) is 6.43. The van der Waals surface area contributed by atoms with Crippen molar-refractivity contribution in [2.45, 2.75) is 58.0 Å². The molecule has 0 aliphatic carbocycles. The van der Waals surface area contributed by atoms with Crippen LogP contribution in [0.5, 0.6) is 0 Å². The zero-order chi connectivity index (χ0) is 18.3. The molecule has 0 saturated carbocycles. The van der Waals surface area contributed by atoms with Gasteiger partial charge in [-0.1, -0.05) is 20.8 Å². The summed E-state index contributed by atoms with van der Waals surface area (Å²) in [5, 5.41) is 15.0. The molecule has 1 amide bonds. The maximum Gasteiger partial charge on any atom is 0.273 e. The topological polar surface area (TPSA) is 75.9 Å². The van der Waals surface area contributed by atoms with E-state index in [1.807, 2.05) is 10.3 Å². The molecule has 2 aromatic rings. The number of thiazole rings is 1. The number of nitrogens with one attached hydrogen (secondary N) is 1. The first-order valence-electron chi connectivity index (χ1n) is 9.31. The monoisotopic (exact) mass is 374 g/mol. The lowest BCUT2D eigenvalue weighted by Crippen LogP contribution is -2.39. The lowest BCUT2D eigenvalue weighted by Gasteiger charge is -2.31. The number of likely N-dealkylation sites (tertiary alicyclic amines) is 1. The number of carbonyl (C=O) groups excluding carboxylic acids is 1. The molecule has 2 aliphatic heterocycles. The van der Waals surface area contributed by atoms with E-state index < -0.39 is 0 Å². The Balaban J connectivity index is 1.41. The Kier molecular flexibility index (Phi) is 4.56. The quantitative estimate of drug-likeness (QED) is 0.872. The smallest absolute Gasteiger partial charge is 0.273 e. The lowest BCUT2D eigenvalue weighted by molar-refractivity contribution is 0.0704. The number of aromatic nitrogens is 4. The van der Waals surface area contributed by atoms with Gasteiger partial charge in [-0.05, 0) is 12.8 Å². The van der Waals surface area contributed by atoms with Gasteiger partial charge < -0.3 is 14.8 Å². The minimum Gasteiger partial charge on any atom is -0.337 e. The van der Waals surface area contributed by atoms with E-state index in [1.54, 1.807) is 11.3 Å². The maximum absolute atomic E-state index is 12.8. The lowest BCUT2D eigenvalue weighted by atomic mass is 9.95. The number of hydrogen-bond donors (Lipinski definition) is 1. The summed E-state index contributed by atoms with van der Waals surface area (Å²) in [4.78, 5) is 19.3. The molecule has 0 bridgehead atoms. The van der Waals surface area contributed by atoms with Crippen molar-refractivity contribution in [3.8, 4) is 0 Å². The number of nitrogens with zero attached hydrogens (tertiary/aromatic N) is 5. The summed E-state index contributed by atoms with van der Waals surface area (Å²) in [6.07, 6.45) is 1.88. The van der Waals surface area contributed by atoms with Crippen LogP contribution in [0.2, 0.25) is 0 Å². The molecule has 1 N–H and O–H groups in total. The van der Waals surface area contributed by atoms with Crippen LogP contribution in [0.1, 0.15) is 66.7 Å². The van der Waals surface area contributed by atoms with Gasteiger partial charge in [-0.3, -0.25) is 4.79 Å². The summed E-state index contributed by atoms with van der Waals surface area (Å²) in [6.45, 7) is 10.6. The molecule has 8 heteroatoms. The first kappa shape index (κ1) is 17.6. The molecule has 1 fully saturated rings. The summed E-state index contributed by atoms with van der Waals surface area (Å²) in [5.74, 6) is 2.57. The van der Waals surface area contributed by atoms with Crippen molar-refractivity contribution in [2.75, 3.05) is 19.6 Å². The SMILES string of the molecule is CC(C)(C)c1nc(C(=O)N2CCC(c3nnc4n3CCNC4)CC2)cs1. The number of carbonyl (C=O) groups is 1. The molecule has 7 nitrogen and oxygen atoms in total. The summed E-state index contributed by atoms with van der Waals surface area (Å²) in [7, 11) is 0. The molecule has 4 heterocycles. The molecule has 1 saturated heterocycles. The van der Waals surface area contributed by atoms with Crippen molar-refractivity contribution in [1.82, 2.24) is 30.0 Å². The Morgan fingerprint density at radius 1 is 1.23 bits per heavy atom. The molecule has 2 aliphatic rings. The van der Waals surface area contributed by atoms with Crippen LogP contribution in [-0.2, 0) is 18.5 Å². The van der Waals surface area contributed by atoms with E-state index in [4.69, 9.17) is 0 Å². The fraction of sp³-hybridized carbons (Fsp3) is 0.667. The van der Waals surface area contributed by atoms with Crippen LogP contribution in [0.3, 0.4) is 0 Å². The van der Waals surface area contributed by atoms with E-state index in [1.165, 1.54) is 0 Å². The molecule has 26 heavy (non-hydrogen) atoms. The molecular formula is C18H26N6OS. The molecule has 0 atom stereocenters. The maximum atomic E-state index is 12.8.